The van der Waals surface area contributed by atoms with Crippen molar-refractivity contribution in [3.8, 4) is 11.3 Å². The molecule has 5 rings (SSSR count). The zero-order chi connectivity index (χ0) is 21.4. The smallest absolute Gasteiger partial charge is 0.254 e. The van der Waals surface area contributed by atoms with E-state index in [1.807, 2.05) is 50.4 Å². The van der Waals surface area contributed by atoms with Gasteiger partial charge >= 0.3 is 0 Å². The predicted molar refractivity (Wildman–Crippen MR) is 118 cm³/mol. The molecule has 4 aromatic rings. The molecule has 0 unspecified atom stereocenters. The molecule has 0 N–H and O–H groups in total. The van der Waals surface area contributed by atoms with Crippen molar-refractivity contribution in [2.24, 2.45) is 7.05 Å². The maximum absolute atomic E-state index is 12.7. The summed E-state index contributed by atoms with van der Waals surface area (Å²) < 4.78 is 7.09. The highest BCUT2D eigenvalue weighted by molar-refractivity contribution is 5.95. The van der Waals surface area contributed by atoms with E-state index < -0.39 is 0 Å². The van der Waals surface area contributed by atoms with Gasteiger partial charge in [-0.15, -0.1) is 0 Å². The number of Topliss-reactive ketones (excluding diaryl/α,β-unsaturated/α-hetero) is 1. The van der Waals surface area contributed by atoms with Crippen LogP contribution in [0.25, 0.3) is 22.9 Å². The van der Waals surface area contributed by atoms with Crippen molar-refractivity contribution in [3.05, 3.63) is 88.7 Å². The van der Waals surface area contributed by atoms with Crippen LogP contribution in [0.15, 0.2) is 59.1 Å². The molecule has 0 fully saturated rings. The maximum Gasteiger partial charge on any atom is 0.254 e. The summed E-state index contributed by atoms with van der Waals surface area (Å²) in [6.45, 7) is 1.81. The molecule has 0 aliphatic heterocycles. The summed E-state index contributed by atoms with van der Waals surface area (Å²) in [7, 11) is 1.87. The van der Waals surface area contributed by atoms with Gasteiger partial charge in [0.15, 0.2) is 11.6 Å². The van der Waals surface area contributed by atoms with Gasteiger partial charge in [-0.3, -0.25) is 9.48 Å². The van der Waals surface area contributed by atoms with Crippen LogP contribution in [0.5, 0.6) is 0 Å². The Balaban J connectivity index is 1.36. The Hall–Kier alpha value is -3.80. The molecule has 0 atom stereocenters. The minimum absolute atomic E-state index is 0.0563. The molecule has 1 aliphatic carbocycles. The monoisotopic (exact) mass is 410 g/mol. The molecular weight excluding hydrogens is 388 g/mol. The van der Waals surface area contributed by atoms with E-state index in [1.165, 1.54) is 5.56 Å². The summed E-state index contributed by atoms with van der Waals surface area (Å²) in [4.78, 5) is 17.0. The molecule has 0 amide bonds. The number of aryl methyl sites for hydroxylation is 3. The van der Waals surface area contributed by atoms with Gasteiger partial charge in [-0.25, -0.2) is 0 Å². The Morgan fingerprint density at radius 3 is 2.74 bits per heavy atom. The number of hydrogen-bond acceptors (Lipinski definition) is 5. The summed E-state index contributed by atoms with van der Waals surface area (Å²) in [5.41, 5.74) is 6.97. The van der Waals surface area contributed by atoms with Gasteiger partial charge in [0, 0.05) is 31.0 Å². The van der Waals surface area contributed by atoms with E-state index in [1.54, 1.807) is 4.68 Å². The molecule has 154 valence electrons. The van der Waals surface area contributed by atoms with Crippen molar-refractivity contribution in [3.63, 3.8) is 0 Å². The van der Waals surface area contributed by atoms with Crippen molar-refractivity contribution in [2.45, 2.75) is 26.2 Å². The van der Waals surface area contributed by atoms with Crippen molar-refractivity contribution in [2.75, 3.05) is 0 Å². The Bertz CT molecular complexity index is 1300. The fourth-order valence-electron chi connectivity index (χ4n) is 3.96. The predicted octanol–water partition coefficient (Wildman–Crippen LogP) is 4.69. The highest BCUT2D eigenvalue weighted by Gasteiger charge is 2.20. The Morgan fingerprint density at radius 2 is 1.97 bits per heavy atom. The summed E-state index contributed by atoms with van der Waals surface area (Å²) in [6, 6.07) is 18.2. The summed E-state index contributed by atoms with van der Waals surface area (Å²) in [5, 5.41) is 8.36. The lowest BCUT2D eigenvalue weighted by Crippen LogP contribution is -2.03. The molecule has 0 bridgehead atoms. The van der Waals surface area contributed by atoms with Crippen LogP contribution in [0.1, 0.15) is 45.3 Å². The number of aromatic nitrogens is 4. The van der Waals surface area contributed by atoms with Crippen molar-refractivity contribution < 1.29 is 9.32 Å². The SMILES string of the molecule is Cc1noc(C2=Cc3cc(-c4cc(C(=O)CCc5ccccc5)nn4C)ccc3C2)n1. The standard InChI is InChI=1S/C25H22N4O2/c1-16-26-25(31-28-16)21-12-18-9-10-19(13-20(18)14-21)23-15-22(27-29(23)2)24(30)11-8-17-6-4-3-5-7-17/h3-7,9-10,13-15H,8,11-12H2,1-2H3. The third-order valence-corrected chi connectivity index (χ3v) is 5.60. The lowest BCUT2D eigenvalue weighted by molar-refractivity contribution is 0.0977. The normalized spacial score (nSPS) is 12.6. The molecule has 0 spiro atoms. The number of fused-ring (bicyclic) bond motifs is 1. The van der Waals surface area contributed by atoms with Crippen molar-refractivity contribution >= 4 is 17.4 Å². The number of nitrogens with zero attached hydrogens (tertiary/aromatic N) is 4. The fraction of sp³-hybridized carbons (Fsp3) is 0.200. The van der Waals surface area contributed by atoms with Gasteiger partial charge in [-0.1, -0.05) is 47.6 Å². The zero-order valence-electron chi connectivity index (χ0n) is 17.5. The van der Waals surface area contributed by atoms with Crippen LogP contribution in [-0.2, 0) is 19.9 Å². The van der Waals surface area contributed by atoms with Gasteiger partial charge in [0.1, 0.15) is 5.69 Å². The lowest BCUT2D eigenvalue weighted by atomic mass is 10.0. The number of rotatable bonds is 6. The van der Waals surface area contributed by atoms with Crippen LogP contribution < -0.4 is 0 Å². The molecule has 31 heavy (non-hydrogen) atoms. The highest BCUT2D eigenvalue weighted by atomic mass is 16.5. The third-order valence-electron chi connectivity index (χ3n) is 5.60. The van der Waals surface area contributed by atoms with Crippen LogP contribution in [0.4, 0.5) is 0 Å². The van der Waals surface area contributed by atoms with Gasteiger partial charge in [-0.05, 0) is 48.2 Å². The molecule has 2 aromatic carbocycles. The second kappa shape index (κ2) is 7.80. The quantitative estimate of drug-likeness (QED) is 0.431. The second-order valence-electron chi connectivity index (χ2n) is 7.85. The third kappa shape index (κ3) is 3.84. The number of allylic oxidation sites excluding steroid dienone is 1. The van der Waals surface area contributed by atoms with E-state index in [0.29, 0.717) is 30.3 Å². The number of carbonyl (C=O) groups excluding carboxylic acids is 1. The van der Waals surface area contributed by atoms with Crippen LogP contribution in [-0.4, -0.2) is 25.7 Å². The summed E-state index contributed by atoms with van der Waals surface area (Å²) in [6.07, 6.45) is 4.02. The van der Waals surface area contributed by atoms with E-state index in [4.69, 9.17) is 4.52 Å². The Kier molecular flexibility index (Phi) is 4.82. The summed E-state index contributed by atoms with van der Waals surface area (Å²) >= 11 is 0. The largest absolute Gasteiger partial charge is 0.334 e. The van der Waals surface area contributed by atoms with Crippen molar-refractivity contribution in [1.29, 1.82) is 0 Å². The maximum atomic E-state index is 12.7. The van der Waals surface area contributed by atoms with Crippen LogP contribution >= 0.6 is 0 Å². The zero-order valence-corrected chi connectivity index (χ0v) is 17.5. The number of benzene rings is 2. The minimum atomic E-state index is 0.0563. The molecule has 1 aliphatic rings. The first-order valence-electron chi connectivity index (χ1n) is 10.3. The van der Waals surface area contributed by atoms with E-state index in [2.05, 4.69) is 39.5 Å². The van der Waals surface area contributed by atoms with Gasteiger partial charge < -0.3 is 4.52 Å². The molecule has 2 aromatic heterocycles. The van der Waals surface area contributed by atoms with Gasteiger partial charge in [0.05, 0.1) is 5.69 Å². The lowest BCUT2D eigenvalue weighted by Gasteiger charge is -2.04. The minimum Gasteiger partial charge on any atom is -0.334 e. The molecule has 6 nitrogen and oxygen atoms in total. The first kappa shape index (κ1) is 19.2. The van der Waals surface area contributed by atoms with Crippen molar-refractivity contribution in [1.82, 2.24) is 19.9 Å². The average molecular weight is 410 g/mol. The average Bonchev–Trinajstić information content (AvgIpc) is 3.50. The van der Waals surface area contributed by atoms with E-state index >= 15 is 0 Å². The molecule has 6 heteroatoms. The first-order valence-corrected chi connectivity index (χ1v) is 10.3. The van der Waals surface area contributed by atoms with Gasteiger partial charge in [0.25, 0.3) is 5.89 Å². The van der Waals surface area contributed by atoms with E-state index in [9.17, 15) is 4.79 Å². The number of ketones is 1. The number of hydrogen-bond donors (Lipinski definition) is 0. The molecular formula is C25H22N4O2. The molecule has 2 heterocycles. The van der Waals surface area contributed by atoms with Gasteiger partial charge in [0.2, 0.25) is 0 Å². The van der Waals surface area contributed by atoms with Crippen LogP contribution in [0, 0.1) is 6.92 Å². The molecule has 0 radical (unpaired) electrons. The Morgan fingerprint density at radius 1 is 1.13 bits per heavy atom. The summed E-state index contributed by atoms with van der Waals surface area (Å²) in [5.74, 6) is 1.26. The topological polar surface area (TPSA) is 73.8 Å². The first-order chi connectivity index (χ1) is 15.1. The Labute approximate surface area is 180 Å². The molecule has 0 saturated carbocycles. The second-order valence-corrected chi connectivity index (χ2v) is 7.85. The van der Waals surface area contributed by atoms with Crippen LogP contribution in [0.2, 0.25) is 0 Å². The molecule has 0 saturated heterocycles. The highest BCUT2D eigenvalue weighted by Crippen LogP contribution is 2.33. The van der Waals surface area contributed by atoms with E-state index in [-0.39, 0.29) is 5.78 Å². The fourth-order valence-corrected chi connectivity index (χ4v) is 3.96. The van der Waals surface area contributed by atoms with Crippen LogP contribution in [0.3, 0.4) is 0 Å². The van der Waals surface area contributed by atoms with Gasteiger partial charge in [-0.2, -0.15) is 10.1 Å². The number of carbonyl (C=O) groups is 1. The van der Waals surface area contributed by atoms with E-state index in [0.717, 1.165) is 34.4 Å².